The van der Waals surface area contributed by atoms with Crippen LogP contribution in [-0.2, 0) is 0 Å². The topological polar surface area (TPSA) is 30.5 Å². The second-order valence-electron chi connectivity index (χ2n) is 7.17. The third kappa shape index (κ3) is 1.99. The van der Waals surface area contributed by atoms with Crippen LogP contribution >= 0.6 is 0 Å². The van der Waals surface area contributed by atoms with Gasteiger partial charge >= 0.3 is 0 Å². The van der Waals surface area contributed by atoms with Gasteiger partial charge in [-0.15, -0.1) is 0 Å². The van der Waals surface area contributed by atoms with Crippen molar-refractivity contribution in [1.82, 2.24) is 5.32 Å². The molecule has 1 aromatic carbocycles. The maximum absolute atomic E-state index is 5.66. The van der Waals surface area contributed by atoms with E-state index in [4.69, 9.17) is 9.47 Å². The van der Waals surface area contributed by atoms with Gasteiger partial charge in [0.25, 0.3) is 0 Å². The molecule has 1 atom stereocenters. The predicted molar refractivity (Wildman–Crippen MR) is 80.3 cm³/mol. The molecule has 0 amide bonds. The molecule has 1 N–H and O–H groups in total. The average molecular weight is 275 g/mol. The van der Waals surface area contributed by atoms with Gasteiger partial charge in [-0.25, -0.2) is 0 Å². The smallest absolute Gasteiger partial charge is 0.161 e. The van der Waals surface area contributed by atoms with Gasteiger partial charge in [-0.3, -0.25) is 0 Å². The molecule has 1 aliphatic heterocycles. The zero-order chi connectivity index (χ0) is 14.5. The Bertz CT molecular complexity index is 508. The van der Waals surface area contributed by atoms with Crippen molar-refractivity contribution in [2.24, 2.45) is 10.8 Å². The summed E-state index contributed by atoms with van der Waals surface area (Å²) in [7, 11) is 0. The molecule has 1 aromatic rings. The quantitative estimate of drug-likeness (QED) is 0.915. The van der Waals surface area contributed by atoms with Crippen LogP contribution in [0.25, 0.3) is 0 Å². The van der Waals surface area contributed by atoms with Crippen LogP contribution in [0.2, 0.25) is 0 Å². The molecule has 0 spiro atoms. The molecule has 0 radical (unpaired) electrons. The first-order valence-electron chi connectivity index (χ1n) is 7.49. The molecule has 2 aliphatic rings. The normalized spacial score (nSPS) is 24.2. The van der Waals surface area contributed by atoms with E-state index in [1.54, 1.807) is 0 Å². The molecular formula is C17H25NO2. The molecule has 1 unspecified atom stereocenters. The largest absolute Gasteiger partial charge is 0.486 e. The Morgan fingerprint density at radius 1 is 1.05 bits per heavy atom. The van der Waals surface area contributed by atoms with E-state index in [0.29, 0.717) is 36.1 Å². The Hall–Kier alpha value is -1.22. The summed E-state index contributed by atoms with van der Waals surface area (Å²) in [6.45, 7) is 12.8. The van der Waals surface area contributed by atoms with Crippen LogP contribution in [-0.4, -0.2) is 19.3 Å². The molecule has 20 heavy (non-hydrogen) atoms. The fourth-order valence-electron chi connectivity index (χ4n) is 3.29. The van der Waals surface area contributed by atoms with Crippen molar-refractivity contribution >= 4 is 0 Å². The first-order chi connectivity index (χ1) is 9.34. The Balaban J connectivity index is 1.74. The zero-order valence-electron chi connectivity index (χ0n) is 13.1. The van der Waals surface area contributed by atoms with Gasteiger partial charge in [-0.05, 0) is 35.4 Å². The Labute approximate surface area is 121 Å². The van der Waals surface area contributed by atoms with Gasteiger partial charge in [0.2, 0.25) is 0 Å². The lowest BCUT2D eigenvalue weighted by atomic mass is 10.0. The highest BCUT2D eigenvalue weighted by Crippen LogP contribution is 2.63. The molecule has 0 bridgehead atoms. The lowest BCUT2D eigenvalue weighted by molar-refractivity contribution is 0.171. The third-order valence-corrected chi connectivity index (χ3v) is 5.50. The lowest BCUT2D eigenvalue weighted by Crippen LogP contribution is -2.26. The molecular weight excluding hydrogens is 250 g/mol. The lowest BCUT2D eigenvalue weighted by Gasteiger charge is -2.21. The maximum atomic E-state index is 5.66. The van der Waals surface area contributed by atoms with E-state index in [-0.39, 0.29) is 0 Å². The minimum absolute atomic E-state index is 0.317. The maximum Gasteiger partial charge on any atom is 0.161 e. The highest BCUT2D eigenvalue weighted by molar-refractivity contribution is 5.44. The van der Waals surface area contributed by atoms with Crippen LogP contribution in [0.1, 0.15) is 46.2 Å². The van der Waals surface area contributed by atoms with Crippen molar-refractivity contribution in [1.29, 1.82) is 0 Å². The first-order valence-corrected chi connectivity index (χ1v) is 7.49. The van der Waals surface area contributed by atoms with E-state index in [2.05, 4.69) is 52.1 Å². The number of benzene rings is 1. The molecule has 1 saturated carbocycles. The minimum atomic E-state index is 0.317. The van der Waals surface area contributed by atoms with Crippen molar-refractivity contribution < 1.29 is 9.47 Å². The van der Waals surface area contributed by atoms with Crippen LogP contribution in [0.4, 0.5) is 0 Å². The summed E-state index contributed by atoms with van der Waals surface area (Å²) in [6.07, 6.45) is 0. The summed E-state index contributed by atoms with van der Waals surface area (Å²) < 4.78 is 11.2. The molecule has 1 fully saturated rings. The first kappa shape index (κ1) is 13.7. The fraction of sp³-hybridized carbons (Fsp3) is 0.647. The Morgan fingerprint density at radius 3 is 2.25 bits per heavy atom. The Kier molecular flexibility index (Phi) is 3.02. The second kappa shape index (κ2) is 4.39. The van der Waals surface area contributed by atoms with Gasteiger partial charge in [0.05, 0.1) is 0 Å². The number of hydrogen-bond donors (Lipinski definition) is 1. The zero-order valence-corrected chi connectivity index (χ0v) is 13.1. The molecule has 1 heterocycles. The number of ether oxygens (including phenoxy) is 2. The highest BCUT2D eigenvalue weighted by Gasteiger charge is 2.64. The summed E-state index contributed by atoms with van der Waals surface area (Å²) in [5.41, 5.74) is 1.97. The Morgan fingerprint density at radius 2 is 1.65 bits per heavy atom. The molecule has 1 aliphatic carbocycles. The van der Waals surface area contributed by atoms with Gasteiger partial charge in [-0.1, -0.05) is 33.8 Å². The molecule has 0 saturated heterocycles. The number of nitrogens with one attached hydrogen (secondary N) is 1. The molecule has 0 aromatic heterocycles. The van der Waals surface area contributed by atoms with Gasteiger partial charge < -0.3 is 14.8 Å². The van der Waals surface area contributed by atoms with Gasteiger partial charge in [-0.2, -0.15) is 0 Å². The van der Waals surface area contributed by atoms with Crippen molar-refractivity contribution in [2.45, 2.75) is 46.7 Å². The summed E-state index contributed by atoms with van der Waals surface area (Å²) in [5, 5.41) is 3.76. The average Bonchev–Trinajstić information content (AvgIpc) is 2.80. The van der Waals surface area contributed by atoms with Crippen LogP contribution in [0.15, 0.2) is 18.2 Å². The summed E-state index contributed by atoms with van der Waals surface area (Å²) in [5.74, 6) is 1.73. The molecule has 3 rings (SSSR count). The minimum Gasteiger partial charge on any atom is -0.486 e. The van der Waals surface area contributed by atoms with Crippen molar-refractivity contribution in [3.05, 3.63) is 23.8 Å². The number of fused-ring (bicyclic) bond motifs is 1. The van der Waals surface area contributed by atoms with Gasteiger partial charge in [0, 0.05) is 12.1 Å². The number of rotatable bonds is 3. The van der Waals surface area contributed by atoms with Crippen LogP contribution in [0, 0.1) is 10.8 Å². The second-order valence-corrected chi connectivity index (χ2v) is 7.17. The van der Waals surface area contributed by atoms with E-state index in [1.807, 2.05) is 6.07 Å². The van der Waals surface area contributed by atoms with Crippen LogP contribution in [0.5, 0.6) is 11.5 Å². The molecule has 110 valence electrons. The standard InChI is InChI=1S/C17H25NO2/c1-11(18-15-16(2,3)17(15,4)5)12-6-7-13-14(10-12)20-9-8-19-13/h6-7,10-11,15,18H,8-9H2,1-5H3. The monoisotopic (exact) mass is 275 g/mol. The van der Waals surface area contributed by atoms with Crippen molar-refractivity contribution in [2.75, 3.05) is 13.2 Å². The highest BCUT2D eigenvalue weighted by atomic mass is 16.6. The van der Waals surface area contributed by atoms with Gasteiger partial charge in [0.15, 0.2) is 11.5 Å². The van der Waals surface area contributed by atoms with Crippen LogP contribution < -0.4 is 14.8 Å². The van der Waals surface area contributed by atoms with Crippen LogP contribution in [0.3, 0.4) is 0 Å². The summed E-state index contributed by atoms with van der Waals surface area (Å²) >= 11 is 0. The van der Waals surface area contributed by atoms with E-state index in [9.17, 15) is 0 Å². The van der Waals surface area contributed by atoms with E-state index in [1.165, 1.54) is 5.56 Å². The fourth-order valence-corrected chi connectivity index (χ4v) is 3.29. The van der Waals surface area contributed by atoms with Gasteiger partial charge in [0.1, 0.15) is 13.2 Å². The molecule has 3 nitrogen and oxygen atoms in total. The third-order valence-electron chi connectivity index (χ3n) is 5.50. The summed E-state index contributed by atoms with van der Waals surface area (Å²) in [6, 6.07) is 7.13. The van der Waals surface area contributed by atoms with Crippen molar-refractivity contribution in [3.63, 3.8) is 0 Å². The summed E-state index contributed by atoms with van der Waals surface area (Å²) in [4.78, 5) is 0. The predicted octanol–water partition coefficient (Wildman–Crippen LogP) is 3.54. The van der Waals surface area contributed by atoms with E-state index in [0.717, 1.165) is 11.5 Å². The SMILES string of the molecule is CC(NC1C(C)(C)C1(C)C)c1ccc2c(c1)OCCO2. The number of hydrogen-bond acceptors (Lipinski definition) is 3. The van der Waals surface area contributed by atoms with Crippen molar-refractivity contribution in [3.8, 4) is 11.5 Å². The van der Waals surface area contributed by atoms with E-state index >= 15 is 0 Å². The molecule has 3 heteroatoms. The van der Waals surface area contributed by atoms with E-state index < -0.39 is 0 Å².